The van der Waals surface area contributed by atoms with Gasteiger partial charge in [0, 0.05) is 15.7 Å². The highest BCUT2D eigenvalue weighted by molar-refractivity contribution is 9.10. The first-order valence-electron chi connectivity index (χ1n) is 4.33. The monoisotopic (exact) mass is 253 g/mol. The van der Waals surface area contributed by atoms with Crippen LogP contribution in [0.5, 0.6) is 0 Å². The molecule has 0 aromatic heterocycles. The molecular weight excluding hydrogens is 242 g/mol. The van der Waals surface area contributed by atoms with Crippen molar-refractivity contribution in [2.45, 2.75) is 13.8 Å². The molecule has 2 nitrogen and oxygen atoms in total. The maximum Gasteiger partial charge on any atom is 0.250 e. The fourth-order valence-corrected chi connectivity index (χ4v) is 1.33. The number of anilines is 1. The third-order valence-electron chi connectivity index (χ3n) is 1.87. The number of benzene rings is 1. The molecule has 0 aliphatic rings. The van der Waals surface area contributed by atoms with Crippen molar-refractivity contribution in [3.63, 3.8) is 0 Å². The minimum Gasteiger partial charge on any atom is -0.322 e. The summed E-state index contributed by atoms with van der Waals surface area (Å²) in [6, 6.07) is 7.51. The molecule has 0 aliphatic carbocycles. The van der Waals surface area contributed by atoms with E-state index in [-0.39, 0.29) is 5.91 Å². The van der Waals surface area contributed by atoms with Gasteiger partial charge in [-0.1, -0.05) is 28.1 Å². The van der Waals surface area contributed by atoms with E-state index >= 15 is 0 Å². The normalized spacial score (nSPS) is 11.2. The second-order valence-corrected chi connectivity index (χ2v) is 3.85. The van der Waals surface area contributed by atoms with Gasteiger partial charge in [-0.05, 0) is 32.0 Å². The molecule has 0 aliphatic heterocycles. The van der Waals surface area contributed by atoms with E-state index in [1.54, 1.807) is 13.0 Å². The summed E-state index contributed by atoms with van der Waals surface area (Å²) in [5, 5.41) is 2.80. The lowest BCUT2D eigenvalue weighted by atomic mass is 10.2. The molecule has 1 N–H and O–H groups in total. The van der Waals surface area contributed by atoms with Crippen molar-refractivity contribution in [1.82, 2.24) is 0 Å². The smallest absolute Gasteiger partial charge is 0.250 e. The fraction of sp³-hybridized carbons (Fsp3) is 0.182. The Labute approximate surface area is 92.1 Å². The number of amides is 1. The molecule has 0 fully saturated rings. The molecule has 14 heavy (non-hydrogen) atoms. The van der Waals surface area contributed by atoms with E-state index in [0.29, 0.717) is 5.57 Å². The zero-order chi connectivity index (χ0) is 10.6. The highest BCUT2D eigenvalue weighted by Gasteiger charge is 2.02. The van der Waals surface area contributed by atoms with Gasteiger partial charge in [-0.3, -0.25) is 4.79 Å². The zero-order valence-corrected chi connectivity index (χ0v) is 9.76. The average molecular weight is 254 g/mol. The second kappa shape index (κ2) is 4.96. The lowest BCUT2D eigenvalue weighted by Gasteiger charge is -2.04. The summed E-state index contributed by atoms with van der Waals surface area (Å²) >= 11 is 3.34. The molecule has 74 valence electrons. The van der Waals surface area contributed by atoms with Crippen molar-refractivity contribution in [3.8, 4) is 0 Å². The third-order valence-corrected chi connectivity index (χ3v) is 2.37. The second-order valence-electron chi connectivity index (χ2n) is 2.94. The highest BCUT2D eigenvalue weighted by Crippen LogP contribution is 2.16. The number of hydrogen-bond donors (Lipinski definition) is 1. The predicted octanol–water partition coefficient (Wildman–Crippen LogP) is 3.35. The standard InChI is InChI=1S/C11H12BrNO/c1-3-8(2)11(14)13-10-6-4-5-9(12)7-10/h3-7H,1-2H3,(H,13,14)/b8-3+. The van der Waals surface area contributed by atoms with Crippen LogP contribution in [0.15, 0.2) is 40.4 Å². The number of rotatable bonds is 2. The molecular formula is C11H12BrNO. The summed E-state index contributed by atoms with van der Waals surface area (Å²) in [7, 11) is 0. The van der Waals surface area contributed by atoms with Gasteiger partial charge in [0.05, 0.1) is 0 Å². The first kappa shape index (κ1) is 11.0. The van der Waals surface area contributed by atoms with Crippen LogP contribution in [0, 0.1) is 0 Å². The average Bonchev–Trinajstić information content (AvgIpc) is 2.16. The van der Waals surface area contributed by atoms with Crippen LogP contribution in [0.3, 0.4) is 0 Å². The number of hydrogen-bond acceptors (Lipinski definition) is 1. The van der Waals surface area contributed by atoms with Crippen LogP contribution in [0.25, 0.3) is 0 Å². The van der Waals surface area contributed by atoms with Crippen molar-refractivity contribution in [3.05, 3.63) is 40.4 Å². The van der Waals surface area contributed by atoms with Gasteiger partial charge >= 0.3 is 0 Å². The van der Waals surface area contributed by atoms with Crippen molar-refractivity contribution in [2.75, 3.05) is 5.32 Å². The largest absolute Gasteiger partial charge is 0.322 e. The number of allylic oxidation sites excluding steroid dienone is 1. The summed E-state index contributed by atoms with van der Waals surface area (Å²) in [4.78, 5) is 11.5. The molecule has 1 aromatic rings. The van der Waals surface area contributed by atoms with Gasteiger partial charge in [0.25, 0.3) is 5.91 Å². The Kier molecular flexibility index (Phi) is 3.89. The third kappa shape index (κ3) is 3.00. The zero-order valence-electron chi connectivity index (χ0n) is 8.17. The number of carbonyl (C=O) groups excluding carboxylic acids is 1. The molecule has 0 saturated carbocycles. The maximum atomic E-state index is 11.5. The predicted molar refractivity (Wildman–Crippen MR) is 62.2 cm³/mol. The molecule has 0 unspecified atom stereocenters. The summed E-state index contributed by atoms with van der Waals surface area (Å²) in [6.45, 7) is 3.63. The van der Waals surface area contributed by atoms with Crippen molar-refractivity contribution >= 4 is 27.5 Å². The Morgan fingerprint density at radius 2 is 2.21 bits per heavy atom. The van der Waals surface area contributed by atoms with Crippen molar-refractivity contribution in [2.24, 2.45) is 0 Å². The molecule has 1 rings (SSSR count). The number of nitrogens with one attached hydrogen (secondary N) is 1. The van der Waals surface area contributed by atoms with E-state index in [9.17, 15) is 4.79 Å². The first-order chi connectivity index (χ1) is 6.63. The topological polar surface area (TPSA) is 29.1 Å². The molecule has 1 aromatic carbocycles. The van der Waals surface area contributed by atoms with Crippen LogP contribution < -0.4 is 5.32 Å². The Bertz CT molecular complexity index is 371. The molecule has 3 heteroatoms. The van der Waals surface area contributed by atoms with Gasteiger partial charge < -0.3 is 5.32 Å². The van der Waals surface area contributed by atoms with Gasteiger partial charge in [0.15, 0.2) is 0 Å². The van der Waals surface area contributed by atoms with Gasteiger partial charge in [-0.15, -0.1) is 0 Å². The molecule has 0 heterocycles. The molecule has 1 amide bonds. The van der Waals surface area contributed by atoms with E-state index in [2.05, 4.69) is 21.2 Å². The maximum absolute atomic E-state index is 11.5. The van der Waals surface area contributed by atoms with Crippen molar-refractivity contribution < 1.29 is 4.79 Å². The quantitative estimate of drug-likeness (QED) is 0.805. The number of halogens is 1. The summed E-state index contributed by atoms with van der Waals surface area (Å²) in [6.07, 6.45) is 1.79. The number of carbonyl (C=O) groups is 1. The van der Waals surface area contributed by atoms with Crippen LogP contribution in [-0.2, 0) is 4.79 Å². The van der Waals surface area contributed by atoms with Crippen molar-refractivity contribution in [1.29, 1.82) is 0 Å². The van der Waals surface area contributed by atoms with E-state index in [1.165, 1.54) is 0 Å². The Morgan fingerprint density at radius 1 is 1.50 bits per heavy atom. The van der Waals surface area contributed by atoms with Crippen LogP contribution in [0.4, 0.5) is 5.69 Å². The lowest BCUT2D eigenvalue weighted by molar-refractivity contribution is -0.112. The van der Waals surface area contributed by atoms with Crippen LogP contribution in [-0.4, -0.2) is 5.91 Å². The fourth-order valence-electron chi connectivity index (χ4n) is 0.927. The van der Waals surface area contributed by atoms with Gasteiger partial charge in [-0.2, -0.15) is 0 Å². The van der Waals surface area contributed by atoms with Gasteiger partial charge in [0.1, 0.15) is 0 Å². The minimum absolute atomic E-state index is 0.0643. The molecule has 0 radical (unpaired) electrons. The van der Waals surface area contributed by atoms with Crippen LogP contribution >= 0.6 is 15.9 Å². The summed E-state index contributed by atoms with van der Waals surface area (Å²) < 4.78 is 0.952. The van der Waals surface area contributed by atoms with Gasteiger partial charge in [0.2, 0.25) is 0 Å². The van der Waals surface area contributed by atoms with E-state index in [1.807, 2.05) is 31.2 Å². The summed E-state index contributed by atoms with van der Waals surface area (Å²) in [5.74, 6) is -0.0643. The van der Waals surface area contributed by atoms with E-state index < -0.39 is 0 Å². The first-order valence-corrected chi connectivity index (χ1v) is 5.12. The Hall–Kier alpha value is -1.09. The highest BCUT2D eigenvalue weighted by atomic mass is 79.9. The molecule has 0 saturated heterocycles. The molecule has 0 atom stereocenters. The molecule has 0 spiro atoms. The summed E-state index contributed by atoms with van der Waals surface area (Å²) in [5.41, 5.74) is 1.51. The van der Waals surface area contributed by atoms with E-state index in [4.69, 9.17) is 0 Å². The Balaban J connectivity index is 2.75. The van der Waals surface area contributed by atoms with Crippen LogP contribution in [0.2, 0.25) is 0 Å². The van der Waals surface area contributed by atoms with E-state index in [0.717, 1.165) is 10.2 Å². The van der Waals surface area contributed by atoms with Gasteiger partial charge in [-0.25, -0.2) is 0 Å². The lowest BCUT2D eigenvalue weighted by Crippen LogP contribution is -2.12. The Morgan fingerprint density at radius 3 is 2.79 bits per heavy atom. The SMILES string of the molecule is C/C=C(\C)C(=O)Nc1cccc(Br)c1. The molecule has 0 bridgehead atoms. The minimum atomic E-state index is -0.0643. The van der Waals surface area contributed by atoms with Crippen LogP contribution in [0.1, 0.15) is 13.8 Å².